The quantitative estimate of drug-likeness (QED) is 0.618. The van der Waals surface area contributed by atoms with E-state index in [1.54, 1.807) is 0 Å². The molecule has 0 unspecified atom stereocenters. The van der Waals surface area contributed by atoms with E-state index in [4.69, 9.17) is 5.11 Å². The molecule has 72 valence electrons. The van der Waals surface area contributed by atoms with Crippen LogP contribution in [0.15, 0.2) is 0 Å². The molecule has 0 bridgehead atoms. The molecule has 0 amide bonds. The summed E-state index contributed by atoms with van der Waals surface area (Å²) in [6.45, 7) is 2.28. The topological polar surface area (TPSA) is 46.5 Å². The summed E-state index contributed by atoms with van der Waals surface area (Å²) in [6.07, 6.45) is 3.09. The van der Waals surface area contributed by atoms with Gasteiger partial charge in [-0.15, -0.1) is 0 Å². The lowest BCUT2D eigenvalue weighted by Crippen LogP contribution is -2.07. The third-order valence-electron chi connectivity index (χ3n) is 2.10. The van der Waals surface area contributed by atoms with Crippen LogP contribution in [0.3, 0.4) is 0 Å². The molecule has 0 saturated heterocycles. The van der Waals surface area contributed by atoms with Crippen molar-refractivity contribution in [1.29, 1.82) is 0 Å². The van der Waals surface area contributed by atoms with Crippen LogP contribution >= 0.6 is 0 Å². The minimum absolute atomic E-state index is 0.161. The zero-order valence-corrected chi connectivity index (χ0v) is 7.88. The second-order valence-electron chi connectivity index (χ2n) is 2.90. The Kier molecular flexibility index (Phi) is 6.76. The van der Waals surface area contributed by atoms with Crippen LogP contribution in [0.5, 0.6) is 0 Å². The monoisotopic (exact) mass is 174 g/mol. The maximum Gasteiger partial charge on any atom is 0.305 e. The summed E-state index contributed by atoms with van der Waals surface area (Å²) >= 11 is 0. The second kappa shape index (κ2) is 7.10. The van der Waals surface area contributed by atoms with Gasteiger partial charge in [-0.25, -0.2) is 0 Å². The fraction of sp³-hybridized carbons (Fsp3) is 0.889. The van der Waals surface area contributed by atoms with Gasteiger partial charge in [-0.1, -0.05) is 13.3 Å². The molecule has 0 aliphatic carbocycles. The highest BCUT2D eigenvalue weighted by atomic mass is 16.5. The van der Waals surface area contributed by atoms with Gasteiger partial charge in [0.15, 0.2) is 0 Å². The van der Waals surface area contributed by atoms with Crippen LogP contribution in [0, 0.1) is 5.92 Å². The normalized spacial score (nSPS) is 12.6. The van der Waals surface area contributed by atoms with E-state index in [0.29, 0.717) is 12.3 Å². The van der Waals surface area contributed by atoms with Crippen molar-refractivity contribution in [1.82, 2.24) is 0 Å². The SMILES string of the molecule is CC[C@H](CCO)CCC(=O)OC. The van der Waals surface area contributed by atoms with Crippen molar-refractivity contribution in [2.45, 2.75) is 32.6 Å². The standard InChI is InChI=1S/C9H18O3/c1-3-8(6-7-10)4-5-9(11)12-2/h8,10H,3-7H2,1-2H3/t8-/m0/s1. The maximum absolute atomic E-state index is 10.8. The molecule has 1 N–H and O–H groups in total. The van der Waals surface area contributed by atoms with Gasteiger partial charge in [-0.2, -0.15) is 0 Å². The Morgan fingerprint density at radius 3 is 2.58 bits per heavy atom. The van der Waals surface area contributed by atoms with Gasteiger partial charge in [0, 0.05) is 13.0 Å². The highest BCUT2D eigenvalue weighted by Gasteiger charge is 2.08. The Labute approximate surface area is 73.7 Å². The molecule has 0 aromatic rings. The van der Waals surface area contributed by atoms with E-state index in [0.717, 1.165) is 19.3 Å². The maximum atomic E-state index is 10.8. The van der Waals surface area contributed by atoms with E-state index < -0.39 is 0 Å². The molecule has 0 aromatic heterocycles. The number of ether oxygens (including phenoxy) is 1. The molecule has 0 rings (SSSR count). The molecule has 3 nitrogen and oxygen atoms in total. The molecular weight excluding hydrogens is 156 g/mol. The summed E-state index contributed by atoms with van der Waals surface area (Å²) in [7, 11) is 1.40. The first-order valence-corrected chi connectivity index (χ1v) is 4.42. The highest BCUT2D eigenvalue weighted by Crippen LogP contribution is 2.14. The number of methoxy groups -OCH3 is 1. The van der Waals surface area contributed by atoms with E-state index in [1.165, 1.54) is 7.11 Å². The van der Waals surface area contributed by atoms with Gasteiger partial charge < -0.3 is 9.84 Å². The summed E-state index contributed by atoms with van der Waals surface area (Å²) in [5, 5.41) is 8.67. The van der Waals surface area contributed by atoms with Crippen LogP contribution in [0.2, 0.25) is 0 Å². The zero-order valence-electron chi connectivity index (χ0n) is 7.88. The molecule has 12 heavy (non-hydrogen) atoms. The van der Waals surface area contributed by atoms with Crippen molar-refractivity contribution >= 4 is 5.97 Å². The highest BCUT2D eigenvalue weighted by molar-refractivity contribution is 5.69. The summed E-state index contributed by atoms with van der Waals surface area (Å²) < 4.78 is 4.52. The number of carbonyl (C=O) groups is 1. The number of carbonyl (C=O) groups excluding carboxylic acids is 1. The molecule has 0 heterocycles. The summed E-state index contributed by atoms with van der Waals surface area (Å²) in [5.74, 6) is 0.292. The fourth-order valence-corrected chi connectivity index (χ4v) is 1.16. The molecule has 3 heteroatoms. The van der Waals surface area contributed by atoms with E-state index in [9.17, 15) is 4.79 Å². The lowest BCUT2D eigenvalue weighted by molar-refractivity contribution is -0.141. The Bertz CT molecular complexity index is 123. The van der Waals surface area contributed by atoms with Crippen molar-refractivity contribution in [3.05, 3.63) is 0 Å². The van der Waals surface area contributed by atoms with Crippen molar-refractivity contribution in [2.75, 3.05) is 13.7 Å². The lowest BCUT2D eigenvalue weighted by atomic mass is 9.97. The zero-order chi connectivity index (χ0) is 9.40. The molecule has 1 atom stereocenters. The first-order chi connectivity index (χ1) is 5.74. The molecular formula is C9H18O3. The fourth-order valence-electron chi connectivity index (χ4n) is 1.16. The minimum atomic E-state index is -0.161. The van der Waals surface area contributed by atoms with Gasteiger partial charge in [0.05, 0.1) is 7.11 Å². The Morgan fingerprint density at radius 2 is 2.17 bits per heavy atom. The Morgan fingerprint density at radius 1 is 1.50 bits per heavy atom. The number of hydrogen-bond acceptors (Lipinski definition) is 3. The lowest BCUT2D eigenvalue weighted by Gasteiger charge is -2.11. The average molecular weight is 174 g/mol. The van der Waals surface area contributed by atoms with Crippen LogP contribution in [0.1, 0.15) is 32.6 Å². The summed E-state index contributed by atoms with van der Waals surface area (Å²) in [5.41, 5.74) is 0. The van der Waals surface area contributed by atoms with Gasteiger partial charge in [0.1, 0.15) is 0 Å². The van der Waals surface area contributed by atoms with Crippen LogP contribution in [-0.4, -0.2) is 24.8 Å². The summed E-state index contributed by atoms with van der Waals surface area (Å²) in [6, 6.07) is 0. The van der Waals surface area contributed by atoms with Crippen molar-refractivity contribution in [2.24, 2.45) is 5.92 Å². The predicted molar refractivity (Wildman–Crippen MR) is 46.7 cm³/mol. The van der Waals surface area contributed by atoms with Crippen LogP contribution in [-0.2, 0) is 9.53 Å². The molecule has 0 fully saturated rings. The van der Waals surface area contributed by atoms with Crippen molar-refractivity contribution < 1.29 is 14.6 Å². The number of aliphatic hydroxyl groups is 1. The second-order valence-corrected chi connectivity index (χ2v) is 2.90. The van der Waals surface area contributed by atoms with Crippen molar-refractivity contribution in [3.8, 4) is 0 Å². The van der Waals surface area contributed by atoms with Gasteiger partial charge in [-0.3, -0.25) is 4.79 Å². The van der Waals surface area contributed by atoms with Gasteiger partial charge in [0.2, 0.25) is 0 Å². The van der Waals surface area contributed by atoms with E-state index >= 15 is 0 Å². The van der Waals surface area contributed by atoms with Gasteiger partial charge in [-0.05, 0) is 18.8 Å². The van der Waals surface area contributed by atoms with Crippen molar-refractivity contribution in [3.63, 3.8) is 0 Å². The number of esters is 1. The smallest absolute Gasteiger partial charge is 0.305 e. The van der Waals surface area contributed by atoms with Gasteiger partial charge in [0.25, 0.3) is 0 Å². The Balaban J connectivity index is 3.50. The van der Waals surface area contributed by atoms with Gasteiger partial charge >= 0.3 is 5.97 Å². The number of hydrogen-bond donors (Lipinski definition) is 1. The van der Waals surface area contributed by atoms with E-state index in [1.807, 2.05) is 0 Å². The first kappa shape index (κ1) is 11.4. The molecule has 0 radical (unpaired) electrons. The van der Waals surface area contributed by atoms with Crippen LogP contribution < -0.4 is 0 Å². The average Bonchev–Trinajstić information content (AvgIpc) is 2.11. The molecule has 0 spiro atoms. The predicted octanol–water partition coefficient (Wildman–Crippen LogP) is 1.35. The molecule has 0 aliphatic rings. The molecule has 0 saturated carbocycles. The minimum Gasteiger partial charge on any atom is -0.469 e. The molecule has 0 aromatic carbocycles. The number of aliphatic hydroxyl groups excluding tert-OH is 1. The largest absolute Gasteiger partial charge is 0.469 e. The van der Waals surface area contributed by atoms with Crippen LogP contribution in [0.25, 0.3) is 0 Å². The summed E-state index contributed by atoms with van der Waals surface area (Å²) in [4.78, 5) is 10.8. The van der Waals surface area contributed by atoms with E-state index in [2.05, 4.69) is 11.7 Å². The Hall–Kier alpha value is -0.570. The third-order valence-corrected chi connectivity index (χ3v) is 2.10. The number of rotatable bonds is 6. The third kappa shape index (κ3) is 5.13. The van der Waals surface area contributed by atoms with Crippen LogP contribution in [0.4, 0.5) is 0 Å². The molecule has 0 aliphatic heterocycles. The van der Waals surface area contributed by atoms with E-state index in [-0.39, 0.29) is 12.6 Å². The first-order valence-electron chi connectivity index (χ1n) is 4.42.